The molecule has 0 fully saturated rings. The third-order valence-electron chi connectivity index (χ3n) is 2.89. The second kappa shape index (κ2) is 6.08. The Hall–Kier alpha value is -0.603. The van der Waals surface area contributed by atoms with E-state index in [1.165, 1.54) is 30.9 Å². The van der Waals surface area contributed by atoms with Crippen LogP contribution in [0.4, 0.5) is 0 Å². The Morgan fingerprint density at radius 3 is 2.33 bits per heavy atom. The predicted octanol–water partition coefficient (Wildman–Crippen LogP) is 3.86. The van der Waals surface area contributed by atoms with Gasteiger partial charge in [-0.2, -0.15) is 0 Å². The molecule has 0 aliphatic rings. The number of hydrogen-bond donors (Lipinski definition) is 0. The summed E-state index contributed by atoms with van der Waals surface area (Å²) in [4.78, 5) is 0. The molecule has 0 amide bonds. The van der Waals surface area contributed by atoms with E-state index < -0.39 is 8.32 Å². The highest BCUT2D eigenvalue weighted by atomic mass is 28.4. The van der Waals surface area contributed by atoms with Crippen molar-refractivity contribution in [2.24, 2.45) is 0 Å². The summed E-state index contributed by atoms with van der Waals surface area (Å²) in [7, 11) is 0.535. The van der Waals surface area contributed by atoms with Gasteiger partial charge in [-0.15, -0.1) is 0 Å². The van der Waals surface area contributed by atoms with Crippen molar-refractivity contribution in [2.75, 3.05) is 7.11 Å². The van der Waals surface area contributed by atoms with Crippen molar-refractivity contribution in [1.82, 2.24) is 0 Å². The molecule has 0 saturated heterocycles. The molecule has 0 atom stereocenters. The minimum absolute atomic E-state index is 1.20. The van der Waals surface area contributed by atoms with Crippen molar-refractivity contribution in [3.63, 3.8) is 0 Å². The fourth-order valence-corrected chi connectivity index (χ4v) is 2.93. The summed E-state index contributed by atoms with van der Waals surface area (Å²) >= 11 is 0. The highest BCUT2D eigenvalue weighted by Gasteiger charge is 2.19. The SMILES string of the molecule is CO[Si](C)(C)CCCCc1ccccc1. The maximum atomic E-state index is 5.53. The van der Waals surface area contributed by atoms with Gasteiger partial charge in [0, 0.05) is 7.11 Å². The molecular formula is C13H22OSi. The summed E-state index contributed by atoms with van der Waals surface area (Å²) in [5.41, 5.74) is 1.45. The summed E-state index contributed by atoms with van der Waals surface area (Å²) in [5, 5.41) is 0. The minimum atomic E-state index is -1.32. The summed E-state index contributed by atoms with van der Waals surface area (Å²) in [6.07, 6.45) is 3.78. The molecule has 0 heterocycles. The van der Waals surface area contributed by atoms with E-state index in [0.29, 0.717) is 0 Å². The molecular weight excluding hydrogens is 200 g/mol. The molecule has 0 radical (unpaired) electrons. The maximum absolute atomic E-state index is 5.53. The van der Waals surface area contributed by atoms with Crippen LogP contribution < -0.4 is 0 Å². The third kappa shape index (κ3) is 5.14. The van der Waals surface area contributed by atoms with Crippen molar-refractivity contribution in [2.45, 2.75) is 38.4 Å². The third-order valence-corrected chi connectivity index (χ3v) is 5.55. The smallest absolute Gasteiger partial charge is 0.186 e. The zero-order valence-electron chi connectivity index (χ0n) is 10.1. The zero-order chi connectivity index (χ0) is 11.1. The van der Waals surface area contributed by atoms with Crippen LogP contribution in [0.2, 0.25) is 19.1 Å². The van der Waals surface area contributed by atoms with Gasteiger partial charge in [-0.3, -0.25) is 0 Å². The first-order valence-electron chi connectivity index (χ1n) is 5.73. The minimum Gasteiger partial charge on any atom is -0.420 e. The molecule has 0 aliphatic heterocycles. The number of unbranched alkanes of at least 4 members (excludes halogenated alkanes) is 1. The molecule has 2 heteroatoms. The second-order valence-electron chi connectivity index (χ2n) is 4.66. The lowest BCUT2D eigenvalue weighted by Crippen LogP contribution is -2.27. The van der Waals surface area contributed by atoms with E-state index in [0.717, 1.165) is 0 Å². The fraction of sp³-hybridized carbons (Fsp3) is 0.538. The first-order chi connectivity index (χ1) is 7.14. The van der Waals surface area contributed by atoms with Gasteiger partial charge in [0.2, 0.25) is 0 Å². The number of benzene rings is 1. The first kappa shape index (κ1) is 12.5. The molecule has 1 nitrogen and oxygen atoms in total. The fourth-order valence-electron chi connectivity index (χ4n) is 1.63. The van der Waals surface area contributed by atoms with Crippen LogP contribution in [-0.4, -0.2) is 15.4 Å². The highest BCUT2D eigenvalue weighted by Crippen LogP contribution is 2.15. The second-order valence-corrected chi connectivity index (χ2v) is 9.08. The summed E-state index contributed by atoms with van der Waals surface area (Å²) < 4.78 is 5.53. The van der Waals surface area contributed by atoms with Crippen molar-refractivity contribution in [1.29, 1.82) is 0 Å². The number of aryl methyl sites for hydroxylation is 1. The van der Waals surface area contributed by atoms with Gasteiger partial charge >= 0.3 is 0 Å². The van der Waals surface area contributed by atoms with Crippen LogP contribution >= 0.6 is 0 Å². The Labute approximate surface area is 94.6 Å². The molecule has 1 aromatic rings. The van der Waals surface area contributed by atoms with Gasteiger partial charge in [-0.1, -0.05) is 36.8 Å². The molecule has 15 heavy (non-hydrogen) atoms. The number of hydrogen-bond acceptors (Lipinski definition) is 1. The number of rotatable bonds is 6. The van der Waals surface area contributed by atoms with Gasteiger partial charge in [0.05, 0.1) is 0 Å². The topological polar surface area (TPSA) is 9.23 Å². The highest BCUT2D eigenvalue weighted by molar-refractivity contribution is 6.71. The van der Waals surface area contributed by atoms with Gasteiger partial charge in [0.25, 0.3) is 0 Å². The lowest BCUT2D eigenvalue weighted by Gasteiger charge is -2.19. The lowest BCUT2D eigenvalue weighted by atomic mass is 10.1. The van der Waals surface area contributed by atoms with Gasteiger partial charge < -0.3 is 4.43 Å². The van der Waals surface area contributed by atoms with E-state index in [2.05, 4.69) is 43.4 Å². The quantitative estimate of drug-likeness (QED) is 0.524. The molecule has 0 N–H and O–H groups in total. The van der Waals surface area contributed by atoms with Gasteiger partial charge in [0.15, 0.2) is 8.32 Å². The average Bonchev–Trinajstić information content (AvgIpc) is 2.26. The monoisotopic (exact) mass is 222 g/mol. The van der Waals surface area contributed by atoms with E-state index in [1.807, 2.05) is 7.11 Å². The van der Waals surface area contributed by atoms with Crippen molar-refractivity contribution in [3.8, 4) is 0 Å². The van der Waals surface area contributed by atoms with Crippen molar-refractivity contribution >= 4 is 8.32 Å². The summed E-state index contributed by atoms with van der Waals surface area (Å²) in [6.45, 7) is 4.57. The molecule has 0 saturated carbocycles. The van der Waals surface area contributed by atoms with Gasteiger partial charge in [0.1, 0.15) is 0 Å². The van der Waals surface area contributed by atoms with E-state index in [-0.39, 0.29) is 0 Å². The standard InChI is InChI=1S/C13H22OSi/c1-14-15(2,3)12-8-7-11-13-9-5-4-6-10-13/h4-6,9-10H,7-8,11-12H2,1-3H3. The van der Waals surface area contributed by atoms with Crippen LogP contribution in [-0.2, 0) is 10.8 Å². The molecule has 0 unspecified atom stereocenters. The maximum Gasteiger partial charge on any atom is 0.186 e. The molecule has 1 rings (SSSR count). The Morgan fingerprint density at radius 1 is 1.07 bits per heavy atom. The Kier molecular flexibility index (Phi) is 5.06. The molecule has 0 aliphatic carbocycles. The van der Waals surface area contributed by atoms with Crippen LogP contribution in [0, 0.1) is 0 Å². The van der Waals surface area contributed by atoms with Crippen LogP contribution in [0.1, 0.15) is 18.4 Å². The average molecular weight is 222 g/mol. The predicted molar refractivity (Wildman–Crippen MR) is 68.7 cm³/mol. The Bertz CT molecular complexity index is 269. The first-order valence-corrected chi connectivity index (χ1v) is 8.85. The molecule has 1 aromatic carbocycles. The van der Waals surface area contributed by atoms with E-state index in [9.17, 15) is 0 Å². The normalized spacial score (nSPS) is 11.7. The largest absolute Gasteiger partial charge is 0.420 e. The summed E-state index contributed by atoms with van der Waals surface area (Å²) in [6, 6.07) is 12.0. The molecule has 84 valence electrons. The molecule has 0 aromatic heterocycles. The Balaban J connectivity index is 2.18. The lowest BCUT2D eigenvalue weighted by molar-refractivity contribution is 0.401. The van der Waals surface area contributed by atoms with Crippen LogP contribution in [0.25, 0.3) is 0 Å². The molecule has 0 bridgehead atoms. The van der Waals surface area contributed by atoms with Gasteiger partial charge in [-0.25, -0.2) is 0 Å². The van der Waals surface area contributed by atoms with Crippen molar-refractivity contribution in [3.05, 3.63) is 35.9 Å². The summed E-state index contributed by atoms with van der Waals surface area (Å²) in [5.74, 6) is 0. The van der Waals surface area contributed by atoms with Crippen LogP contribution in [0.3, 0.4) is 0 Å². The zero-order valence-corrected chi connectivity index (χ0v) is 11.1. The molecule has 0 spiro atoms. The van der Waals surface area contributed by atoms with E-state index in [4.69, 9.17) is 4.43 Å². The van der Waals surface area contributed by atoms with Gasteiger partial charge in [-0.05, 0) is 37.5 Å². The van der Waals surface area contributed by atoms with Crippen LogP contribution in [0.5, 0.6) is 0 Å². The van der Waals surface area contributed by atoms with E-state index >= 15 is 0 Å². The van der Waals surface area contributed by atoms with Crippen molar-refractivity contribution < 1.29 is 4.43 Å². The van der Waals surface area contributed by atoms with Crippen LogP contribution in [0.15, 0.2) is 30.3 Å². The Morgan fingerprint density at radius 2 is 1.73 bits per heavy atom. The van der Waals surface area contributed by atoms with E-state index in [1.54, 1.807) is 0 Å².